The van der Waals surface area contributed by atoms with Gasteiger partial charge in [0.2, 0.25) is 11.6 Å². The van der Waals surface area contributed by atoms with Crippen molar-refractivity contribution >= 4 is 27.8 Å². The number of furan rings is 1. The first kappa shape index (κ1) is 10.5. The molecule has 0 atom stereocenters. The number of nitrogens with zero attached hydrogens (tertiary/aromatic N) is 1. The molecular formula is C9H10BrNO4. The molecule has 2 rings (SSSR count). The molecule has 0 radical (unpaired) electrons. The van der Waals surface area contributed by atoms with Crippen LogP contribution in [0, 0.1) is 0 Å². The topological polar surface area (TPSA) is 62.9 Å². The number of aromatic carboxylic acids is 1. The Morgan fingerprint density at radius 2 is 2.40 bits per heavy atom. The van der Waals surface area contributed by atoms with Crippen LogP contribution in [0.15, 0.2) is 15.0 Å². The van der Waals surface area contributed by atoms with Crippen LogP contribution in [0.5, 0.6) is 0 Å². The average molecular weight is 276 g/mol. The molecule has 1 N–H and O–H groups in total. The van der Waals surface area contributed by atoms with Crippen molar-refractivity contribution < 1.29 is 19.1 Å². The van der Waals surface area contributed by atoms with Crippen LogP contribution in [-0.2, 0) is 4.74 Å². The Hall–Kier alpha value is -1.01. The van der Waals surface area contributed by atoms with E-state index in [0.717, 1.165) is 13.1 Å². The lowest BCUT2D eigenvalue weighted by Gasteiger charge is -2.38. The number of carboxylic acid groups (broad SMARTS) is 1. The van der Waals surface area contributed by atoms with Crippen LogP contribution in [-0.4, -0.2) is 37.4 Å². The minimum Gasteiger partial charge on any atom is -0.475 e. The molecule has 82 valence electrons. The van der Waals surface area contributed by atoms with Gasteiger partial charge in [-0.2, -0.15) is 0 Å². The van der Waals surface area contributed by atoms with Crippen LogP contribution in [0.1, 0.15) is 10.6 Å². The fourth-order valence-corrected chi connectivity index (χ4v) is 1.97. The smallest absolute Gasteiger partial charge is 0.371 e. The second kappa shape index (κ2) is 3.86. The highest BCUT2D eigenvalue weighted by molar-refractivity contribution is 9.10. The van der Waals surface area contributed by atoms with E-state index in [1.807, 2.05) is 4.90 Å². The second-order valence-electron chi connectivity index (χ2n) is 3.33. The van der Waals surface area contributed by atoms with E-state index in [9.17, 15) is 4.79 Å². The molecule has 1 aromatic rings. The maximum atomic E-state index is 10.7. The monoisotopic (exact) mass is 275 g/mol. The third kappa shape index (κ3) is 1.87. The minimum absolute atomic E-state index is 0.0576. The van der Waals surface area contributed by atoms with Gasteiger partial charge in [-0.25, -0.2) is 4.79 Å². The van der Waals surface area contributed by atoms with E-state index in [4.69, 9.17) is 14.3 Å². The lowest BCUT2D eigenvalue weighted by atomic mass is 10.2. The summed E-state index contributed by atoms with van der Waals surface area (Å²) in [6.45, 7) is 1.45. The van der Waals surface area contributed by atoms with Gasteiger partial charge in [0, 0.05) is 26.3 Å². The van der Waals surface area contributed by atoms with E-state index < -0.39 is 5.97 Å². The number of carboxylic acids is 1. The third-order valence-corrected chi connectivity index (χ3v) is 2.92. The Morgan fingerprint density at radius 1 is 1.73 bits per heavy atom. The predicted octanol–water partition coefficient (Wildman–Crippen LogP) is 1.58. The molecule has 0 amide bonds. The minimum atomic E-state index is -1.06. The number of anilines is 1. The number of ether oxygens (including phenoxy) is 1. The molecule has 1 aliphatic rings. The first-order valence-corrected chi connectivity index (χ1v) is 5.21. The molecule has 6 heteroatoms. The van der Waals surface area contributed by atoms with Crippen molar-refractivity contribution in [3.8, 4) is 0 Å². The van der Waals surface area contributed by atoms with Gasteiger partial charge in [0.25, 0.3) is 0 Å². The quantitative estimate of drug-likeness (QED) is 0.908. The lowest BCUT2D eigenvalue weighted by molar-refractivity contribution is 0.0654. The molecule has 15 heavy (non-hydrogen) atoms. The predicted molar refractivity (Wildman–Crippen MR) is 56.4 cm³/mol. The molecule has 0 aliphatic carbocycles. The Kier molecular flexibility index (Phi) is 2.70. The normalized spacial score (nSPS) is 16.5. The van der Waals surface area contributed by atoms with Crippen molar-refractivity contribution in [2.24, 2.45) is 0 Å². The summed E-state index contributed by atoms with van der Waals surface area (Å²) in [4.78, 5) is 12.6. The van der Waals surface area contributed by atoms with E-state index in [1.165, 1.54) is 6.07 Å². The van der Waals surface area contributed by atoms with Crippen molar-refractivity contribution in [1.82, 2.24) is 0 Å². The van der Waals surface area contributed by atoms with Gasteiger partial charge in [0.05, 0.1) is 10.6 Å². The molecule has 5 nitrogen and oxygen atoms in total. The van der Waals surface area contributed by atoms with E-state index in [2.05, 4.69) is 15.9 Å². The Labute approximate surface area is 94.7 Å². The van der Waals surface area contributed by atoms with Crippen LogP contribution in [0.4, 0.5) is 5.88 Å². The Bertz CT molecular complexity index is 383. The summed E-state index contributed by atoms with van der Waals surface area (Å²) in [6, 6.07) is 1.46. The van der Waals surface area contributed by atoms with Gasteiger partial charge < -0.3 is 19.2 Å². The summed E-state index contributed by atoms with van der Waals surface area (Å²) in [7, 11) is 1.65. The van der Waals surface area contributed by atoms with E-state index >= 15 is 0 Å². The van der Waals surface area contributed by atoms with Gasteiger partial charge in [-0.3, -0.25) is 0 Å². The third-order valence-electron chi connectivity index (χ3n) is 2.35. The standard InChI is InChI=1S/C9H10BrNO4/c1-14-5-3-11(4-5)8-6(10)2-7(15-8)9(12)13/h2,5H,3-4H2,1H3,(H,12,13). The second-order valence-corrected chi connectivity index (χ2v) is 4.19. The lowest BCUT2D eigenvalue weighted by Crippen LogP contribution is -2.51. The summed E-state index contributed by atoms with van der Waals surface area (Å²) < 4.78 is 11.0. The number of rotatable bonds is 3. The zero-order valence-electron chi connectivity index (χ0n) is 8.07. The van der Waals surface area contributed by atoms with Crippen molar-refractivity contribution in [2.75, 3.05) is 25.1 Å². The van der Waals surface area contributed by atoms with Crippen LogP contribution in [0.3, 0.4) is 0 Å². The zero-order valence-corrected chi connectivity index (χ0v) is 9.65. The SMILES string of the molecule is COC1CN(c2oc(C(=O)O)cc2Br)C1. The number of hydrogen-bond acceptors (Lipinski definition) is 4. The molecule has 1 saturated heterocycles. The summed E-state index contributed by atoms with van der Waals surface area (Å²) in [5.41, 5.74) is 0. The van der Waals surface area contributed by atoms with Gasteiger partial charge in [-0.1, -0.05) is 0 Å². The van der Waals surface area contributed by atoms with Crippen LogP contribution >= 0.6 is 15.9 Å². The maximum absolute atomic E-state index is 10.7. The summed E-state index contributed by atoms with van der Waals surface area (Å²) in [6.07, 6.45) is 0.204. The van der Waals surface area contributed by atoms with E-state index in [1.54, 1.807) is 7.11 Å². The Morgan fingerprint density at radius 3 is 2.87 bits per heavy atom. The molecule has 2 heterocycles. The van der Waals surface area contributed by atoms with Gasteiger partial charge in [-0.05, 0) is 15.9 Å². The fourth-order valence-electron chi connectivity index (χ4n) is 1.43. The van der Waals surface area contributed by atoms with Crippen molar-refractivity contribution in [3.63, 3.8) is 0 Å². The first-order chi connectivity index (χ1) is 7.11. The molecule has 1 aliphatic heterocycles. The Balaban J connectivity index is 2.12. The molecule has 0 saturated carbocycles. The highest BCUT2D eigenvalue weighted by Crippen LogP contribution is 2.33. The molecule has 1 fully saturated rings. The van der Waals surface area contributed by atoms with Crippen LogP contribution in [0.2, 0.25) is 0 Å². The highest BCUT2D eigenvalue weighted by atomic mass is 79.9. The van der Waals surface area contributed by atoms with Crippen LogP contribution in [0.25, 0.3) is 0 Å². The average Bonchev–Trinajstić information content (AvgIpc) is 2.47. The number of hydrogen-bond donors (Lipinski definition) is 1. The van der Waals surface area contributed by atoms with Gasteiger partial charge in [0.15, 0.2) is 0 Å². The summed E-state index contributed by atoms with van der Waals surface area (Å²) in [5, 5.41) is 8.74. The van der Waals surface area contributed by atoms with Gasteiger partial charge in [-0.15, -0.1) is 0 Å². The number of halogens is 1. The molecule has 0 spiro atoms. The summed E-state index contributed by atoms with van der Waals surface area (Å²) in [5.74, 6) is -0.566. The van der Waals surface area contributed by atoms with Crippen molar-refractivity contribution in [1.29, 1.82) is 0 Å². The largest absolute Gasteiger partial charge is 0.475 e. The first-order valence-electron chi connectivity index (χ1n) is 4.42. The zero-order chi connectivity index (χ0) is 11.0. The highest BCUT2D eigenvalue weighted by Gasteiger charge is 2.31. The number of carbonyl (C=O) groups is 1. The van der Waals surface area contributed by atoms with Crippen LogP contribution < -0.4 is 4.90 Å². The molecule has 1 aromatic heterocycles. The molecule has 0 bridgehead atoms. The number of methoxy groups -OCH3 is 1. The fraction of sp³-hybridized carbons (Fsp3) is 0.444. The summed E-state index contributed by atoms with van der Waals surface area (Å²) >= 11 is 3.26. The maximum Gasteiger partial charge on any atom is 0.371 e. The van der Waals surface area contributed by atoms with Gasteiger partial charge >= 0.3 is 5.97 Å². The molecule has 0 aromatic carbocycles. The van der Waals surface area contributed by atoms with Crippen molar-refractivity contribution in [3.05, 3.63) is 16.3 Å². The van der Waals surface area contributed by atoms with E-state index in [0.29, 0.717) is 10.4 Å². The molecular weight excluding hydrogens is 266 g/mol. The van der Waals surface area contributed by atoms with Crippen molar-refractivity contribution in [2.45, 2.75) is 6.10 Å². The molecule has 0 unspecified atom stereocenters. The van der Waals surface area contributed by atoms with Gasteiger partial charge in [0.1, 0.15) is 0 Å². The van der Waals surface area contributed by atoms with E-state index in [-0.39, 0.29) is 11.9 Å².